The van der Waals surface area contributed by atoms with Gasteiger partial charge in [-0.3, -0.25) is 4.79 Å². The van der Waals surface area contributed by atoms with Crippen LogP contribution in [0.15, 0.2) is 73.2 Å². The highest BCUT2D eigenvalue weighted by atomic mass is 16.4. The minimum atomic E-state index is -1.13. The van der Waals surface area contributed by atoms with Crippen molar-refractivity contribution in [2.24, 2.45) is 0 Å². The molecule has 0 radical (unpaired) electrons. The predicted molar refractivity (Wildman–Crippen MR) is 134 cm³/mol. The number of para-hydroxylation sites is 1. The van der Waals surface area contributed by atoms with Crippen molar-refractivity contribution < 1.29 is 19.5 Å². The molecule has 0 saturated carbocycles. The fraction of sp³-hybridized carbons (Fsp3) is 0.154. The number of fused-ring (bicyclic) bond motifs is 1. The first-order chi connectivity index (χ1) is 16.8. The number of nitrogens with one attached hydrogen (secondary N) is 3. The summed E-state index contributed by atoms with van der Waals surface area (Å²) in [5.41, 5.74) is 2.81. The Bertz CT molecular complexity index is 1410. The molecule has 4 aromatic rings. The lowest BCUT2D eigenvalue weighted by atomic mass is 10.0. The summed E-state index contributed by atoms with van der Waals surface area (Å²) in [5, 5.41) is 19.3. The van der Waals surface area contributed by atoms with Crippen molar-refractivity contribution in [1.82, 2.24) is 14.9 Å². The Balaban J connectivity index is 1.54. The first-order valence-corrected chi connectivity index (χ1v) is 11.0. The minimum absolute atomic E-state index is 0.312. The highest BCUT2D eigenvalue weighted by Gasteiger charge is 2.18. The third-order valence-corrected chi connectivity index (χ3v) is 5.52. The van der Waals surface area contributed by atoms with E-state index in [2.05, 4.69) is 20.9 Å². The summed E-state index contributed by atoms with van der Waals surface area (Å²) in [6.45, 7) is 3.70. The van der Waals surface area contributed by atoms with Gasteiger partial charge in [0, 0.05) is 24.3 Å². The molecular weight excluding hydrogens is 446 g/mol. The lowest BCUT2D eigenvalue weighted by molar-refractivity contribution is 0.0941. The number of carbonyl (C=O) groups is 3. The summed E-state index contributed by atoms with van der Waals surface area (Å²) in [4.78, 5) is 41.1. The third kappa shape index (κ3) is 5.64. The minimum Gasteiger partial charge on any atom is -0.464 e. The molecule has 3 amide bonds. The molecule has 1 heterocycles. The average molecular weight is 472 g/mol. The smallest absolute Gasteiger partial charge is 0.416 e. The fourth-order valence-electron chi connectivity index (χ4n) is 3.76. The Hall–Kier alpha value is -4.66. The molecule has 1 atom stereocenters. The molecule has 0 unspecified atom stereocenters. The third-order valence-electron chi connectivity index (χ3n) is 5.52. The van der Waals surface area contributed by atoms with E-state index < -0.39 is 12.1 Å². The quantitative estimate of drug-likeness (QED) is 0.319. The largest absolute Gasteiger partial charge is 0.464 e. The van der Waals surface area contributed by atoms with E-state index in [-0.39, 0.29) is 11.9 Å². The second-order valence-corrected chi connectivity index (χ2v) is 8.27. The molecule has 4 rings (SSSR count). The Kier molecular flexibility index (Phi) is 6.77. The van der Waals surface area contributed by atoms with E-state index in [9.17, 15) is 14.4 Å². The van der Waals surface area contributed by atoms with Gasteiger partial charge in [0.2, 0.25) is 0 Å². The van der Waals surface area contributed by atoms with Gasteiger partial charge in [-0.25, -0.2) is 19.1 Å². The first kappa shape index (κ1) is 23.5. The summed E-state index contributed by atoms with van der Waals surface area (Å²) in [7, 11) is 0. The van der Waals surface area contributed by atoms with Gasteiger partial charge in [0.1, 0.15) is 6.33 Å². The Morgan fingerprint density at radius 3 is 2.31 bits per heavy atom. The molecule has 4 N–H and O–H groups in total. The van der Waals surface area contributed by atoms with Crippen LogP contribution in [0.25, 0.3) is 10.8 Å². The van der Waals surface area contributed by atoms with Crippen molar-refractivity contribution in [2.45, 2.75) is 26.3 Å². The highest BCUT2D eigenvalue weighted by Crippen LogP contribution is 2.25. The number of carboxylic acid groups (broad SMARTS) is 1. The number of carbonyl (C=O) groups excluding carboxylic acids is 2. The Morgan fingerprint density at radius 1 is 0.971 bits per heavy atom. The Labute approximate surface area is 201 Å². The van der Waals surface area contributed by atoms with E-state index >= 15 is 0 Å². The Morgan fingerprint density at radius 2 is 1.63 bits per heavy atom. The standard InChI is InChI=1S/C26H25N5O4/c1-16-7-3-6-10-22(16)29-25(33)30-23-13-19-9-5-4-8-18(19)12-21(23)24(32)28-17(2)11-20-14-31(15-27-20)26(34)35/h3-10,12-15,17H,11H2,1-2H3,(H,28,32)(H,34,35)(H2,29,30,33)/t17-/m1/s1. The number of amides is 3. The number of aromatic nitrogens is 2. The van der Waals surface area contributed by atoms with Crippen molar-refractivity contribution in [3.05, 3.63) is 90.0 Å². The molecular formula is C26H25N5O4. The average Bonchev–Trinajstić information content (AvgIpc) is 3.28. The van der Waals surface area contributed by atoms with Crippen LogP contribution >= 0.6 is 0 Å². The van der Waals surface area contributed by atoms with Crippen LogP contribution in [0.4, 0.5) is 21.0 Å². The second-order valence-electron chi connectivity index (χ2n) is 8.27. The van der Waals surface area contributed by atoms with Gasteiger partial charge in [0.05, 0.1) is 16.9 Å². The van der Waals surface area contributed by atoms with E-state index in [1.807, 2.05) is 49.4 Å². The number of nitrogens with zero attached hydrogens (tertiary/aromatic N) is 2. The van der Waals surface area contributed by atoms with Crippen LogP contribution in [0.2, 0.25) is 0 Å². The number of benzene rings is 3. The van der Waals surface area contributed by atoms with Crippen LogP contribution in [-0.2, 0) is 6.42 Å². The summed E-state index contributed by atoms with van der Waals surface area (Å²) in [6, 6.07) is 17.7. The van der Waals surface area contributed by atoms with Gasteiger partial charge in [-0.1, -0.05) is 42.5 Å². The number of anilines is 2. The van der Waals surface area contributed by atoms with E-state index in [0.717, 1.165) is 20.9 Å². The van der Waals surface area contributed by atoms with Crippen molar-refractivity contribution >= 4 is 40.2 Å². The van der Waals surface area contributed by atoms with Gasteiger partial charge in [-0.15, -0.1) is 0 Å². The summed E-state index contributed by atoms with van der Waals surface area (Å²) >= 11 is 0. The maximum absolute atomic E-state index is 13.2. The number of imidazole rings is 1. The topological polar surface area (TPSA) is 125 Å². The molecule has 3 aromatic carbocycles. The van der Waals surface area contributed by atoms with Gasteiger partial charge in [-0.2, -0.15) is 0 Å². The van der Waals surface area contributed by atoms with Crippen molar-refractivity contribution in [2.75, 3.05) is 10.6 Å². The van der Waals surface area contributed by atoms with Gasteiger partial charge >= 0.3 is 12.1 Å². The van der Waals surface area contributed by atoms with Gasteiger partial charge < -0.3 is 21.1 Å². The monoisotopic (exact) mass is 471 g/mol. The number of aryl methyl sites for hydroxylation is 1. The maximum atomic E-state index is 13.2. The highest BCUT2D eigenvalue weighted by molar-refractivity contribution is 6.09. The lowest BCUT2D eigenvalue weighted by Gasteiger charge is -2.17. The molecule has 0 spiro atoms. The summed E-state index contributed by atoms with van der Waals surface area (Å²) in [6.07, 6.45) is 1.83. The molecule has 35 heavy (non-hydrogen) atoms. The molecule has 0 aliphatic carbocycles. The fourth-order valence-corrected chi connectivity index (χ4v) is 3.76. The summed E-state index contributed by atoms with van der Waals surface area (Å²) in [5.74, 6) is -0.368. The van der Waals surface area contributed by atoms with E-state index in [4.69, 9.17) is 5.11 Å². The number of hydrogen-bond acceptors (Lipinski definition) is 4. The molecule has 178 valence electrons. The van der Waals surface area contributed by atoms with E-state index in [0.29, 0.717) is 29.1 Å². The van der Waals surface area contributed by atoms with Crippen LogP contribution in [0.5, 0.6) is 0 Å². The zero-order valence-electron chi connectivity index (χ0n) is 19.3. The maximum Gasteiger partial charge on any atom is 0.416 e. The SMILES string of the molecule is Cc1ccccc1NC(=O)Nc1cc2ccccc2cc1C(=O)N[C@H](C)Cc1cn(C(=O)O)cn1. The molecule has 9 heteroatoms. The molecule has 0 saturated heterocycles. The van der Waals surface area contributed by atoms with Crippen molar-refractivity contribution in [3.8, 4) is 0 Å². The first-order valence-electron chi connectivity index (χ1n) is 11.0. The molecule has 0 aliphatic heterocycles. The van der Waals surface area contributed by atoms with Gasteiger partial charge in [0.15, 0.2) is 0 Å². The lowest BCUT2D eigenvalue weighted by Crippen LogP contribution is -2.35. The molecule has 0 bridgehead atoms. The number of rotatable bonds is 6. The van der Waals surface area contributed by atoms with E-state index in [1.54, 1.807) is 25.1 Å². The molecule has 1 aromatic heterocycles. The van der Waals surface area contributed by atoms with Crippen molar-refractivity contribution in [1.29, 1.82) is 0 Å². The van der Waals surface area contributed by atoms with Crippen molar-refractivity contribution in [3.63, 3.8) is 0 Å². The van der Waals surface area contributed by atoms with Gasteiger partial charge in [-0.05, 0) is 48.4 Å². The molecule has 0 aliphatic rings. The van der Waals surface area contributed by atoms with E-state index in [1.165, 1.54) is 12.5 Å². The van der Waals surface area contributed by atoms with Crippen LogP contribution in [0.3, 0.4) is 0 Å². The molecule has 0 fully saturated rings. The van der Waals surface area contributed by atoms with Crippen LogP contribution < -0.4 is 16.0 Å². The van der Waals surface area contributed by atoms with Gasteiger partial charge in [0.25, 0.3) is 5.91 Å². The van der Waals surface area contributed by atoms with Crippen LogP contribution in [0, 0.1) is 6.92 Å². The summed E-state index contributed by atoms with van der Waals surface area (Å²) < 4.78 is 0.961. The number of hydrogen-bond donors (Lipinski definition) is 4. The normalized spacial score (nSPS) is 11.6. The molecule has 9 nitrogen and oxygen atoms in total. The number of urea groups is 1. The second kappa shape index (κ2) is 10.1. The predicted octanol–water partition coefficient (Wildman–Crippen LogP) is 4.88. The zero-order chi connectivity index (χ0) is 24.9. The van der Waals surface area contributed by atoms with Crippen LogP contribution in [-0.4, -0.2) is 38.7 Å². The zero-order valence-corrected chi connectivity index (χ0v) is 19.3. The van der Waals surface area contributed by atoms with Crippen LogP contribution in [0.1, 0.15) is 28.5 Å².